The molecule has 0 rings (SSSR count). The third kappa shape index (κ3) is 9.29. The highest BCUT2D eigenvalue weighted by Crippen LogP contribution is 2.02. The molecule has 0 aromatic heterocycles. The van der Waals surface area contributed by atoms with Crippen molar-refractivity contribution < 1.29 is 18.8 Å². The fourth-order valence-electron chi connectivity index (χ4n) is 1.28. The molecule has 0 aromatic carbocycles. The first kappa shape index (κ1) is 20.7. The number of esters is 1. The van der Waals surface area contributed by atoms with Crippen molar-refractivity contribution in [1.29, 1.82) is 0 Å². The number of hydrogen-bond acceptors (Lipinski definition) is 4. The summed E-state index contributed by atoms with van der Waals surface area (Å²) >= 11 is 0. The van der Waals surface area contributed by atoms with E-state index in [1.807, 2.05) is 14.1 Å². The zero-order valence-corrected chi connectivity index (χ0v) is 13.1. The molecule has 0 bridgehead atoms. The van der Waals surface area contributed by atoms with E-state index in [0.717, 1.165) is 13.0 Å². The number of hydrogen-bond donors (Lipinski definition) is 2. The van der Waals surface area contributed by atoms with Crippen molar-refractivity contribution in [1.82, 2.24) is 11.5 Å². The Kier molecular flexibility index (Phi) is 9.58. The summed E-state index contributed by atoms with van der Waals surface area (Å²) in [5, 5.41) is 2.77. The predicted octanol–water partition coefficient (Wildman–Crippen LogP) is 1.38. The number of carbonyl (C=O) groups excluding carboxylic acids is 2. The molecular formula is C14H28N3O3+. The average Bonchev–Trinajstić information content (AvgIpc) is 2.31. The van der Waals surface area contributed by atoms with Gasteiger partial charge in [-0.1, -0.05) is 13.2 Å². The van der Waals surface area contributed by atoms with Crippen LogP contribution in [0, 0.1) is 0 Å². The van der Waals surface area contributed by atoms with Gasteiger partial charge in [-0.25, -0.2) is 4.79 Å². The Bertz CT molecular complexity index is 376. The normalized spacial score (nSPS) is 10.2. The van der Waals surface area contributed by atoms with Crippen LogP contribution in [0.2, 0.25) is 0 Å². The number of ether oxygens (including phenoxy) is 1. The molecule has 116 valence electrons. The summed E-state index contributed by atoms with van der Waals surface area (Å²) in [4.78, 5) is 22.5. The minimum Gasteiger partial charge on any atom is -0.412 e. The summed E-state index contributed by atoms with van der Waals surface area (Å²) in [6.07, 6.45) is 0.802. The topological polar surface area (TPSA) is 90.4 Å². The van der Waals surface area contributed by atoms with Crippen LogP contribution >= 0.6 is 0 Å². The van der Waals surface area contributed by atoms with E-state index in [2.05, 4.69) is 18.5 Å². The number of quaternary nitrogens is 1. The Morgan fingerprint density at radius 2 is 1.70 bits per heavy atom. The molecule has 6 heteroatoms. The van der Waals surface area contributed by atoms with Crippen LogP contribution in [0.1, 0.15) is 20.3 Å². The fourth-order valence-corrected chi connectivity index (χ4v) is 1.28. The maximum atomic E-state index is 11.3. The summed E-state index contributed by atoms with van der Waals surface area (Å²) < 4.78 is 5.66. The van der Waals surface area contributed by atoms with Crippen molar-refractivity contribution >= 4 is 11.9 Å². The summed E-state index contributed by atoms with van der Waals surface area (Å²) in [5.74, 6) is -0.499. The number of nitrogens with one attached hydrogen (secondary N) is 1. The molecule has 0 aliphatic carbocycles. The highest BCUT2D eigenvalue weighted by molar-refractivity contribution is 5.92. The third-order valence-electron chi connectivity index (χ3n) is 2.51. The SMILES string of the molecule is C=C(C)C(=O)NCCC[N+](C)(C)COC(=O)C(=C)C.N. The number of nitrogens with zero attached hydrogens (tertiary/aromatic N) is 1. The Morgan fingerprint density at radius 1 is 1.15 bits per heavy atom. The van der Waals surface area contributed by atoms with Crippen LogP contribution in [0.25, 0.3) is 0 Å². The zero-order chi connectivity index (χ0) is 15.1. The lowest BCUT2D eigenvalue weighted by Gasteiger charge is -2.28. The van der Waals surface area contributed by atoms with Crippen LogP contribution in [-0.4, -0.2) is 50.3 Å². The van der Waals surface area contributed by atoms with Crippen molar-refractivity contribution in [3.8, 4) is 0 Å². The first-order valence-electron chi connectivity index (χ1n) is 6.24. The third-order valence-corrected chi connectivity index (χ3v) is 2.51. The van der Waals surface area contributed by atoms with Gasteiger partial charge in [-0.2, -0.15) is 0 Å². The molecule has 0 radical (unpaired) electrons. The van der Waals surface area contributed by atoms with Gasteiger partial charge in [0.2, 0.25) is 12.6 Å². The molecule has 0 unspecified atom stereocenters. The van der Waals surface area contributed by atoms with Gasteiger partial charge in [-0.05, 0) is 13.8 Å². The van der Waals surface area contributed by atoms with E-state index in [9.17, 15) is 9.59 Å². The molecule has 0 atom stereocenters. The van der Waals surface area contributed by atoms with Gasteiger partial charge in [0.05, 0.1) is 20.6 Å². The minimum atomic E-state index is -0.373. The van der Waals surface area contributed by atoms with Gasteiger partial charge in [0.15, 0.2) is 0 Å². The molecule has 0 saturated carbocycles. The van der Waals surface area contributed by atoms with Crippen LogP contribution < -0.4 is 11.5 Å². The number of amides is 1. The summed E-state index contributed by atoms with van der Waals surface area (Å²) in [5.41, 5.74) is 0.901. The standard InChI is InChI=1S/C14H24N2O3.H3N/c1-11(2)13(17)15-8-7-9-16(5,6)10-19-14(18)12(3)4;/h1,3,7-10H2,2,4-6H3;1H3/p+1. The molecule has 0 saturated heterocycles. The van der Waals surface area contributed by atoms with Gasteiger partial charge in [-0.3, -0.25) is 9.28 Å². The van der Waals surface area contributed by atoms with Crippen molar-refractivity contribution in [2.45, 2.75) is 20.3 Å². The van der Waals surface area contributed by atoms with Gasteiger partial charge in [0.1, 0.15) is 0 Å². The van der Waals surface area contributed by atoms with E-state index < -0.39 is 0 Å². The van der Waals surface area contributed by atoms with Crippen LogP contribution in [0.4, 0.5) is 0 Å². The van der Waals surface area contributed by atoms with Gasteiger partial charge in [0, 0.05) is 24.1 Å². The van der Waals surface area contributed by atoms with Crippen LogP contribution in [0.5, 0.6) is 0 Å². The first-order chi connectivity index (χ1) is 8.65. The first-order valence-corrected chi connectivity index (χ1v) is 6.24. The predicted molar refractivity (Wildman–Crippen MR) is 80.2 cm³/mol. The molecule has 0 aliphatic heterocycles. The molecule has 20 heavy (non-hydrogen) atoms. The molecule has 4 N–H and O–H groups in total. The van der Waals surface area contributed by atoms with Crippen molar-refractivity contribution in [2.24, 2.45) is 0 Å². The van der Waals surface area contributed by atoms with Crippen molar-refractivity contribution in [3.63, 3.8) is 0 Å². The second kappa shape index (κ2) is 9.28. The number of rotatable bonds is 8. The number of carbonyl (C=O) groups is 2. The van der Waals surface area contributed by atoms with E-state index in [4.69, 9.17) is 4.74 Å². The van der Waals surface area contributed by atoms with E-state index in [1.165, 1.54) is 0 Å². The summed E-state index contributed by atoms with van der Waals surface area (Å²) in [6.45, 7) is 12.1. The monoisotopic (exact) mass is 286 g/mol. The van der Waals surface area contributed by atoms with Gasteiger partial charge < -0.3 is 16.2 Å². The highest BCUT2D eigenvalue weighted by Gasteiger charge is 2.17. The largest absolute Gasteiger partial charge is 0.412 e. The van der Waals surface area contributed by atoms with Gasteiger partial charge in [0.25, 0.3) is 0 Å². The Hall–Kier alpha value is -1.66. The van der Waals surface area contributed by atoms with E-state index in [-0.39, 0.29) is 18.0 Å². The van der Waals surface area contributed by atoms with E-state index in [1.54, 1.807) is 13.8 Å². The van der Waals surface area contributed by atoms with E-state index in [0.29, 0.717) is 28.9 Å². The lowest BCUT2D eigenvalue weighted by atomic mass is 10.3. The second-order valence-electron chi connectivity index (χ2n) is 5.39. The molecule has 0 spiro atoms. The molecule has 1 amide bonds. The molecule has 0 aliphatic rings. The lowest BCUT2D eigenvalue weighted by molar-refractivity contribution is -0.907. The minimum absolute atomic E-state index is 0. The second-order valence-corrected chi connectivity index (χ2v) is 5.39. The van der Waals surface area contributed by atoms with Crippen molar-refractivity contribution in [2.75, 3.05) is 33.9 Å². The summed E-state index contributed by atoms with van der Waals surface area (Å²) in [6, 6.07) is 0. The van der Waals surface area contributed by atoms with Crippen molar-refractivity contribution in [3.05, 3.63) is 24.3 Å². The Labute approximate surface area is 121 Å². The van der Waals surface area contributed by atoms with Gasteiger partial charge >= 0.3 is 5.97 Å². The quantitative estimate of drug-likeness (QED) is 0.232. The maximum absolute atomic E-state index is 11.3. The molecule has 0 fully saturated rings. The van der Waals surface area contributed by atoms with E-state index >= 15 is 0 Å². The van der Waals surface area contributed by atoms with Crippen LogP contribution in [0.15, 0.2) is 24.3 Å². The van der Waals surface area contributed by atoms with Gasteiger partial charge in [-0.15, -0.1) is 0 Å². The molecule has 0 aromatic rings. The smallest absolute Gasteiger partial charge is 0.337 e. The fraction of sp³-hybridized carbons (Fsp3) is 0.571. The Balaban J connectivity index is 0. The Morgan fingerprint density at radius 3 is 2.15 bits per heavy atom. The molecule has 6 nitrogen and oxygen atoms in total. The average molecular weight is 286 g/mol. The molecular weight excluding hydrogens is 258 g/mol. The zero-order valence-electron chi connectivity index (χ0n) is 13.1. The summed E-state index contributed by atoms with van der Waals surface area (Å²) in [7, 11) is 3.93. The lowest BCUT2D eigenvalue weighted by Crippen LogP contribution is -2.44. The molecule has 0 heterocycles. The van der Waals surface area contributed by atoms with Crippen LogP contribution in [0.3, 0.4) is 0 Å². The van der Waals surface area contributed by atoms with Crippen LogP contribution in [-0.2, 0) is 14.3 Å². The highest BCUT2D eigenvalue weighted by atomic mass is 16.5. The maximum Gasteiger partial charge on any atom is 0.337 e.